The third-order valence-corrected chi connectivity index (χ3v) is 2.34. The van der Waals surface area contributed by atoms with E-state index in [4.69, 9.17) is 4.42 Å². The molecule has 2 aromatic heterocycles. The van der Waals surface area contributed by atoms with Gasteiger partial charge in [0, 0.05) is 25.0 Å². The molecule has 2 rings (SSSR count). The van der Waals surface area contributed by atoms with Gasteiger partial charge in [0.05, 0.1) is 12.5 Å². The van der Waals surface area contributed by atoms with Gasteiger partial charge in [0.1, 0.15) is 11.4 Å². The van der Waals surface area contributed by atoms with Gasteiger partial charge in [0.25, 0.3) is 0 Å². The normalized spacial score (nSPS) is 15.4. The summed E-state index contributed by atoms with van der Waals surface area (Å²) in [5.41, 5.74) is -0.405. The summed E-state index contributed by atoms with van der Waals surface area (Å²) in [7, 11) is 1.84. The van der Waals surface area contributed by atoms with Crippen molar-refractivity contribution in [3.8, 4) is 0 Å². The Morgan fingerprint density at radius 3 is 2.86 bits per heavy atom. The third-order valence-electron chi connectivity index (χ3n) is 2.34. The Hall–Kier alpha value is -1.55. The minimum Gasteiger partial charge on any atom is -0.472 e. The average Bonchev–Trinajstić information content (AvgIpc) is 2.72. The maximum Gasteiger partial charge on any atom is 0.147 e. The first-order chi connectivity index (χ1) is 6.62. The van der Waals surface area contributed by atoms with E-state index in [1.165, 1.54) is 12.5 Å². The second-order valence-electron chi connectivity index (χ2n) is 3.45. The number of nitrogens with zero attached hydrogens (tertiary/aromatic N) is 2. The third kappa shape index (κ3) is 1.24. The summed E-state index contributed by atoms with van der Waals surface area (Å²) in [6, 6.07) is 1.73. The summed E-state index contributed by atoms with van der Waals surface area (Å²) < 4.78 is 6.73. The van der Waals surface area contributed by atoms with Crippen LogP contribution in [-0.4, -0.2) is 14.7 Å². The number of hydrogen-bond acceptors (Lipinski definition) is 3. The van der Waals surface area contributed by atoms with Gasteiger partial charge in [-0.3, -0.25) is 0 Å². The Kier molecular flexibility index (Phi) is 1.93. The molecule has 0 aliphatic heterocycles. The van der Waals surface area contributed by atoms with Gasteiger partial charge in [-0.2, -0.15) is 0 Å². The fraction of sp³-hybridized carbons (Fsp3) is 0.300. The molecule has 1 atom stereocenters. The minimum atomic E-state index is -1.11. The molecule has 0 amide bonds. The molecule has 74 valence electrons. The van der Waals surface area contributed by atoms with Crippen LogP contribution in [0.5, 0.6) is 0 Å². The Morgan fingerprint density at radius 1 is 1.57 bits per heavy atom. The smallest absolute Gasteiger partial charge is 0.147 e. The minimum absolute atomic E-state index is 0.596. The Bertz CT molecular complexity index is 415. The summed E-state index contributed by atoms with van der Waals surface area (Å²) >= 11 is 0. The first-order valence-electron chi connectivity index (χ1n) is 4.35. The van der Waals surface area contributed by atoms with Crippen LogP contribution in [0.2, 0.25) is 0 Å². The Labute approximate surface area is 81.8 Å². The quantitative estimate of drug-likeness (QED) is 0.779. The van der Waals surface area contributed by atoms with Crippen molar-refractivity contribution in [3.05, 3.63) is 42.4 Å². The van der Waals surface area contributed by atoms with Gasteiger partial charge in [-0.15, -0.1) is 0 Å². The lowest BCUT2D eigenvalue weighted by atomic mass is 9.98. The predicted molar refractivity (Wildman–Crippen MR) is 50.6 cm³/mol. The van der Waals surface area contributed by atoms with E-state index in [1.54, 1.807) is 30.0 Å². The molecular formula is C10H12N2O2. The van der Waals surface area contributed by atoms with Gasteiger partial charge in [-0.05, 0) is 13.0 Å². The van der Waals surface area contributed by atoms with Crippen molar-refractivity contribution in [1.82, 2.24) is 9.55 Å². The number of furan rings is 1. The number of hydrogen-bond donors (Lipinski definition) is 1. The molecule has 0 spiro atoms. The largest absolute Gasteiger partial charge is 0.472 e. The SMILES string of the molecule is Cn1ccnc1C(C)(O)c1ccoc1. The van der Waals surface area contributed by atoms with Crippen molar-refractivity contribution in [1.29, 1.82) is 0 Å². The molecule has 2 heterocycles. The van der Waals surface area contributed by atoms with E-state index in [0.29, 0.717) is 11.4 Å². The molecule has 14 heavy (non-hydrogen) atoms. The predicted octanol–water partition coefficient (Wildman–Crippen LogP) is 1.27. The van der Waals surface area contributed by atoms with Crippen LogP contribution in [0.4, 0.5) is 0 Å². The van der Waals surface area contributed by atoms with Crippen LogP contribution in [0, 0.1) is 0 Å². The second-order valence-corrected chi connectivity index (χ2v) is 3.45. The van der Waals surface area contributed by atoms with Crippen LogP contribution in [-0.2, 0) is 12.6 Å². The highest BCUT2D eigenvalue weighted by Crippen LogP contribution is 2.27. The monoisotopic (exact) mass is 192 g/mol. The van der Waals surface area contributed by atoms with Crippen molar-refractivity contribution in [2.24, 2.45) is 7.05 Å². The summed E-state index contributed by atoms with van der Waals surface area (Å²) in [5, 5.41) is 10.3. The van der Waals surface area contributed by atoms with E-state index in [1.807, 2.05) is 7.05 Å². The highest BCUT2D eigenvalue weighted by atomic mass is 16.3. The first kappa shape index (κ1) is 9.02. The van der Waals surface area contributed by atoms with Crippen LogP contribution in [0.15, 0.2) is 35.4 Å². The van der Waals surface area contributed by atoms with Crippen molar-refractivity contribution in [2.75, 3.05) is 0 Å². The van der Waals surface area contributed by atoms with Crippen LogP contribution >= 0.6 is 0 Å². The van der Waals surface area contributed by atoms with E-state index in [9.17, 15) is 5.11 Å². The van der Waals surface area contributed by atoms with E-state index in [-0.39, 0.29) is 0 Å². The highest BCUT2D eigenvalue weighted by Gasteiger charge is 2.30. The first-order valence-corrected chi connectivity index (χ1v) is 4.35. The molecule has 1 N–H and O–H groups in total. The lowest BCUT2D eigenvalue weighted by Gasteiger charge is -2.20. The lowest BCUT2D eigenvalue weighted by Crippen LogP contribution is -2.26. The van der Waals surface area contributed by atoms with Gasteiger partial charge in [-0.25, -0.2) is 4.98 Å². The van der Waals surface area contributed by atoms with Crippen molar-refractivity contribution < 1.29 is 9.52 Å². The van der Waals surface area contributed by atoms with Crippen LogP contribution in [0.25, 0.3) is 0 Å². The van der Waals surface area contributed by atoms with Gasteiger partial charge >= 0.3 is 0 Å². The second kappa shape index (κ2) is 2.99. The van der Waals surface area contributed by atoms with Crippen LogP contribution < -0.4 is 0 Å². The zero-order chi connectivity index (χ0) is 10.2. The average molecular weight is 192 g/mol. The van der Waals surface area contributed by atoms with Crippen LogP contribution in [0.1, 0.15) is 18.3 Å². The number of aromatic nitrogens is 2. The fourth-order valence-corrected chi connectivity index (χ4v) is 1.51. The van der Waals surface area contributed by atoms with Gasteiger partial charge in [-0.1, -0.05) is 0 Å². The molecule has 0 radical (unpaired) electrons. The molecule has 4 heteroatoms. The highest BCUT2D eigenvalue weighted by molar-refractivity contribution is 5.24. The molecule has 0 saturated carbocycles. The molecule has 0 aliphatic rings. The number of imidazole rings is 1. The topological polar surface area (TPSA) is 51.2 Å². The zero-order valence-corrected chi connectivity index (χ0v) is 8.14. The van der Waals surface area contributed by atoms with E-state index < -0.39 is 5.60 Å². The molecule has 0 saturated heterocycles. The summed E-state index contributed by atoms with van der Waals surface area (Å²) in [6.45, 7) is 1.69. The molecule has 0 aliphatic carbocycles. The Morgan fingerprint density at radius 2 is 2.36 bits per heavy atom. The molecule has 2 aromatic rings. The van der Waals surface area contributed by atoms with Gasteiger partial charge in [0.2, 0.25) is 0 Å². The van der Waals surface area contributed by atoms with Crippen molar-refractivity contribution >= 4 is 0 Å². The summed E-state index contributed by atoms with van der Waals surface area (Å²) in [6.07, 6.45) is 6.51. The Balaban J connectivity index is 2.48. The summed E-state index contributed by atoms with van der Waals surface area (Å²) in [4.78, 5) is 4.11. The maximum absolute atomic E-state index is 10.3. The van der Waals surface area contributed by atoms with E-state index in [2.05, 4.69) is 4.98 Å². The number of rotatable bonds is 2. The van der Waals surface area contributed by atoms with E-state index in [0.717, 1.165) is 0 Å². The number of aryl methyl sites for hydroxylation is 1. The fourth-order valence-electron chi connectivity index (χ4n) is 1.51. The lowest BCUT2D eigenvalue weighted by molar-refractivity contribution is 0.0885. The van der Waals surface area contributed by atoms with E-state index >= 15 is 0 Å². The molecule has 0 aromatic carbocycles. The molecule has 1 unspecified atom stereocenters. The molecule has 0 fully saturated rings. The summed E-state index contributed by atoms with van der Waals surface area (Å²) in [5.74, 6) is 0.596. The molecule has 4 nitrogen and oxygen atoms in total. The van der Waals surface area contributed by atoms with Gasteiger partial charge in [0.15, 0.2) is 0 Å². The van der Waals surface area contributed by atoms with Gasteiger partial charge < -0.3 is 14.1 Å². The standard InChI is InChI=1S/C10H12N2O2/c1-10(13,8-3-6-14-7-8)9-11-4-5-12(9)2/h3-7,13H,1-2H3. The number of aliphatic hydroxyl groups is 1. The van der Waals surface area contributed by atoms with Crippen molar-refractivity contribution in [2.45, 2.75) is 12.5 Å². The van der Waals surface area contributed by atoms with Crippen molar-refractivity contribution in [3.63, 3.8) is 0 Å². The molecular weight excluding hydrogens is 180 g/mol. The maximum atomic E-state index is 10.3. The van der Waals surface area contributed by atoms with Crippen LogP contribution in [0.3, 0.4) is 0 Å². The zero-order valence-electron chi connectivity index (χ0n) is 8.14. The molecule has 0 bridgehead atoms.